The predicted octanol–water partition coefficient (Wildman–Crippen LogP) is 7.74. The summed E-state index contributed by atoms with van der Waals surface area (Å²) in [7, 11) is 0.468. The first-order valence-corrected chi connectivity index (χ1v) is 18.4. The number of fused-ring (bicyclic) bond motifs is 2. The minimum Gasteiger partial charge on any atom is -0.749 e. The van der Waals surface area contributed by atoms with E-state index in [-0.39, 0.29) is 10.8 Å². The molecule has 2 aliphatic heterocycles. The largest absolute Gasteiger partial charge is 0.749 e. The third-order valence-corrected chi connectivity index (χ3v) is 10.3. The maximum atomic E-state index is 11.4. The van der Waals surface area contributed by atoms with E-state index in [0.29, 0.717) is 21.0 Å². The van der Waals surface area contributed by atoms with E-state index in [1.165, 1.54) is 28.8 Å². The van der Waals surface area contributed by atoms with Crippen molar-refractivity contribution in [2.45, 2.75) is 29.8 Å². The highest BCUT2D eigenvalue weighted by Gasteiger charge is 2.28. The van der Waals surface area contributed by atoms with Gasteiger partial charge in [0.15, 0.2) is 0 Å². The predicted molar refractivity (Wildman–Crippen MR) is 189 cm³/mol. The van der Waals surface area contributed by atoms with Gasteiger partial charge in [-0.3, -0.25) is 0 Å². The molecule has 0 aromatic heterocycles. The lowest BCUT2D eigenvalue weighted by atomic mass is 9.85. The lowest BCUT2D eigenvalue weighted by Crippen LogP contribution is -2.31. The van der Waals surface area contributed by atoms with Gasteiger partial charge in [0.05, 0.1) is 16.8 Å². The number of primary sulfonamides is 1. The number of benzene rings is 4. The second-order valence-corrected chi connectivity index (χ2v) is 15.4. The van der Waals surface area contributed by atoms with Gasteiger partial charge >= 0.3 is 0 Å². The van der Waals surface area contributed by atoms with E-state index in [9.17, 15) is 8.42 Å². The second-order valence-electron chi connectivity index (χ2n) is 11.2. The van der Waals surface area contributed by atoms with Gasteiger partial charge in [0.2, 0.25) is 10.0 Å². The molecule has 0 bridgehead atoms. The fraction of sp³-hybridized carbons (Fsp3) is 0.250. The van der Waals surface area contributed by atoms with E-state index in [2.05, 4.69) is 62.8 Å². The van der Waals surface area contributed by atoms with Crippen molar-refractivity contribution < 1.29 is 20.9 Å². The first-order chi connectivity index (χ1) is 22.2. The molecule has 47 heavy (non-hydrogen) atoms. The van der Waals surface area contributed by atoms with Crippen LogP contribution in [0, 0.1) is 0 Å². The third-order valence-electron chi connectivity index (χ3n) is 7.85. The van der Waals surface area contributed by atoms with Crippen molar-refractivity contribution in [3.8, 4) is 0 Å². The molecule has 6 rings (SSSR count). The standard InChI is InChI=1S/C16H16Cl2N2O2S.C16H15Cl2N.ClHO3S/c1-20-8-14(10-2-4-12(5-3-10)23(19,21)22)13-6-11(17)7-16(18)15(13)9-20;1-19-9-14(11-5-3-2-4-6-11)13-7-12(17)8-16(18)15(13)10-19;1-4-5(2)3/h2-7,14H,8-9H2,1H3,(H2,19,21,22);2-8,14H,9-10H2,1H3;(H,2,3)/p-1. The van der Waals surface area contributed by atoms with Gasteiger partial charge in [0.1, 0.15) is 11.4 Å². The van der Waals surface area contributed by atoms with Crippen molar-refractivity contribution in [3.05, 3.63) is 132 Å². The zero-order valence-corrected chi connectivity index (χ0v) is 30.6. The minimum atomic E-state index is -3.69. The highest BCUT2D eigenvalue weighted by molar-refractivity contribution is 7.89. The van der Waals surface area contributed by atoms with Gasteiger partial charge in [-0.25, -0.2) is 17.8 Å². The normalized spacial score (nSPS) is 18.5. The Labute approximate surface area is 303 Å². The molecule has 0 fully saturated rings. The molecule has 3 unspecified atom stereocenters. The summed E-state index contributed by atoms with van der Waals surface area (Å²) in [5.41, 5.74) is 6.93. The van der Waals surface area contributed by atoms with E-state index in [1.807, 2.05) is 25.2 Å². The van der Waals surface area contributed by atoms with Gasteiger partial charge < -0.3 is 14.4 Å². The maximum Gasteiger partial charge on any atom is 0.238 e. The number of rotatable bonds is 4. The molecule has 0 aliphatic carbocycles. The molecule has 0 spiro atoms. The maximum absolute atomic E-state index is 11.4. The summed E-state index contributed by atoms with van der Waals surface area (Å²) in [5, 5.41) is 7.90. The SMILES string of the molecule is CN1Cc2c(Cl)cc(Cl)cc2C(c2ccc(S(N)(=O)=O)cc2)C1.CN1Cc2c(Cl)cc(Cl)cc2C(c2ccccc2)C1.O=S([O-])OCl. The molecule has 4 aromatic rings. The average Bonchev–Trinajstić information content (AvgIpc) is 3.02. The molecular weight excluding hydrogens is 748 g/mol. The minimum absolute atomic E-state index is 0.0782. The van der Waals surface area contributed by atoms with Crippen molar-refractivity contribution in [3.63, 3.8) is 0 Å². The summed E-state index contributed by atoms with van der Waals surface area (Å²) in [5.74, 6) is 0.417. The molecule has 2 N–H and O–H groups in total. The lowest BCUT2D eigenvalue weighted by Gasteiger charge is -2.33. The molecule has 252 valence electrons. The zero-order valence-electron chi connectivity index (χ0n) is 25.2. The number of nitrogens with two attached hydrogens (primary N) is 1. The molecule has 2 aliphatic rings. The summed E-state index contributed by atoms with van der Waals surface area (Å²) in [4.78, 5) is 4.59. The summed E-state index contributed by atoms with van der Waals surface area (Å²) >= 11 is 26.7. The smallest absolute Gasteiger partial charge is 0.238 e. The van der Waals surface area contributed by atoms with Crippen LogP contribution >= 0.6 is 58.3 Å². The summed E-state index contributed by atoms with van der Waals surface area (Å²) < 4.78 is 44.0. The van der Waals surface area contributed by atoms with Crippen molar-refractivity contribution >= 4 is 79.7 Å². The highest BCUT2D eigenvalue weighted by atomic mass is 35.5. The van der Waals surface area contributed by atoms with E-state index < -0.39 is 21.4 Å². The molecule has 3 atom stereocenters. The second kappa shape index (κ2) is 16.8. The quantitative estimate of drug-likeness (QED) is 0.211. The Bertz CT molecular complexity index is 1830. The molecule has 0 amide bonds. The number of halogens is 5. The van der Waals surface area contributed by atoms with Crippen LogP contribution in [0.15, 0.2) is 83.8 Å². The molecule has 8 nitrogen and oxygen atoms in total. The van der Waals surface area contributed by atoms with Crippen LogP contribution in [0.1, 0.15) is 45.2 Å². The fourth-order valence-corrected chi connectivity index (χ4v) is 7.49. The summed E-state index contributed by atoms with van der Waals surface area (Å²) in [6.07, 6.45) is 0. The van der Waals surface area contributed by atoms with Crippen LogP contribution in [0.2, 0.25) is 20.1 Å². The van der Waals surface area contributed by atoms with Gasteiger partial charge in [-0.1, -0.05) is 88.9 Å². The molecule has 15 heteroatoms. The van der Waals surface area contributed by atoms with E-state index >= 15 is 0 Å². The Kier molecular flexibility index (Phi) is 13.6. The Hall–Kier alpha value is -1.77. The van der Waals surface area contributed by atoms with Crippen molar-refractivity contribution in [1.82, 2.24) is 9.80 Å². The monoisotopic (exact) mass is 776 g/mol. The first-order valence-electron chi connectivity index (χ1n) is 14.1. The van der Waals surface area contributed by atoms with E-state index in [0.717, 1.165) is 47.9 Å². The summed E-state index contributed by atoms with van der Waals surface area (Å²) in [6, 6.07) is 24.8. The number of nitrogens with zero attached hydrogens (tertiary/aromatic N) is 2. The Morgan fingerprint density at radius 2 is 1.17 bits per heavy atom. The van der Waals surface area contributed by atoms with Crippen LogP contribution in [0.4, 0.5) is 0 Å². The first kappa shape index (κ1) is 38.0. The molecule has 4 aromatic carbocycles. The number of sulfonamides is 1. The Morgan fingerprint density at radius 1 is 0.766 bits per heavy atom. The van der Waals surface area contributed by atoms with Crippen LogP contribution in [0.5, 0.6) is 0 Å². The molecular formula is C32H31Cl5N3O5S2-. The van der Waals surface area contributed by atoms with Crippen molar-refractivity contribution in [1.29, 1.82) is 0 Å². The summed E-state index contributed by atoms with van der Waals surface area (Å²) in [6.45, 7) is 3.44. The molecule has 0 radical (unpaired) electrons. The van der Waals surface area contributed by atoms with Crippen molar-refractivity contribution in [2.24, 2.45) is 5.14 Å². The zero-order chi connectivity index (χ0) is 34.5. The van der Waals surface area contributed by atoms with Gasteiger partial charge in [0, 0.05) is 58.1 Å². The topological polar surface area (TPSA) is 116 Å². The number of likely N-dealkylation sites (N-methyl/N-ethyl adjacent to an activating group) is 2. The lowest BCUT2D eigenvalue weighted by molar-refractivity contribution is 0.295. The molecule has 2 heterocycles. The Morgan fingerprint density at radius 3 is 1.55 bits per heavy atom. The van der Waals surface area contributed by atoms with Crippen LogP contribution < -0.4 is 5.14 Å². The van der Waals surface area contributed by atoms with Gasteiger partial charge in [-0.05, 0) is 83.9 Å². The third kappa shape index (κ3) is 10.1. The molecule has 0 saturated heterocycles. The number of hydrogen-bond acceptors (Lipinski definition) is 7. The van der Waals surface area contributed by atoms with E-state index in [1.54, 1.807) is 18.2 Å². The van der Waals surface area contributed by atoms with Crippen LogP contribution in [-0.4, -0.2) is 54.2 Å². The van der Waals surface area contributed by atoms with Crippen LogP contribution in [-0.2, 0) is 38.2 Å². The van der Waals surface area contributed by atoms with E-state index in [4.69, 9.17) is 60.3 Å². The fourth-order valence-electron chi connectivity index (χ4n) is 5.84. The van der Waals surface area contributed by atoms with Crippen LogP contribution in [0.3, 0.4) is 0 Å². The van der Waals surface area contributed by atoms with Crippen molar-refractivity contribution in [2.75, 3.05) is 27.2 Å². The van der Waals surface area contributed by atoms with Gasteiger partial charge in [-0.2, -0.15) is 3.74 Å². The van der Waals surface area contributed by atoms with Crippen LogP contribution in [0.25, 0.3) is 0 Å². The average molecular weight is 779 g/mol. The highest BCUT2D eigenvalue weighted by Crippen LogP contribution is 2.39. The Balaban J connectivity index is 0.000000189. The molecule has 0 saturated carbocycles. The number of hydrogen-bond donors (Lipinski definition) is 1. The van der Waals surface area contributed by atoms with Gasteiger partial charge in [0.25, 0.3) is 0 Å². The van der Waals surface area contributed by atoms with Gasteiger partial charge in [-0.15, -0.1) is 0 Å².